The highest BCUT2D eigenvalue weighted by Gasteiger charge is 2.41. The van der Waals surface area contributed by atoms with E-state index in [9.17, 15) is 68.4 Å². The number of aliphatic hydroxyl groups excluding tert-OH is 1. The fraction of sp³-hybridized carbons (Fsp3) is 0.652. The lowest BCUT2D eigenvalue weighted by Crippen LogP contribution is -2.64. The van der Waals surface area contributed by atoms with E-state index in [4.69, 9.17) is 11.5 Å². The molecular formula is C46H75N9O14. The van der Waals surface area contributed by atoms with Crippen LogP contribution in [0, 0.1) is 22.7 Å². The van der Waals surface area contributed by atoms with Crippen LogP contribution in [0.15, 0.2) is 24.3 Å². The fourth-order valence-corrected chi connectivity index (χ4v) is 6.65. The summed E-state index contributed by atoms with van der Waals surface area (Å²) in [6.07, 6.45) is -3.29. The van der Waals surface area contributed by atoms with Crippen LogP contribution in [0.2, 0.25) is 0 Å². The fourth-order valence-electron chi connectivity index (χ4n) is 6.65. The van der Waals surface area contributed by atoms with E-state index >= 15 is 0 Å². The van der Waals surface area contributed by atoms with Gasteiger partial charge < -0.3 is 69.1 Å². The van der Waals surface area contributed by atoms with Gasteiger partial charge in [-0.25, -0.2) is 4.79 Å². The molecule has 23 nitrogen and oxygen atoms in total. The largest absolute Gasteiger partial charge is 0.508 e. The molecule has 0 saturated carbocycles. The first-order chi connectivity index (χ1) is 31.7. The van der Waals surface area contributed by atoms with Gasteiger partial charge >= 0.3 is 11.9 Å². The van der Waals surface area contributed by atoms with Crippen molar-refractivity contribution in [1.82, 2.24) is 37.2 Å². The van der Waals surface area contributed by atoms with Crippen LogP contribution in [-0.2, 0) is 54.4 Å². The lowest BCUT2D eigenvalue weighted by atomic mass is 9.84. The number of aliphatic carboxylic acids is 2. The Balaban J connectivity index is 3.43. The number of benzene rings is 1. The van der Waals surface area contributed by atoms with Crippen molar-refractivity contribution in [2.24, 2.45) is 34.1 Å². The normalized spacial score (nSPS) is 16.4. The van der Waals surface area contributed by atoms with E-state index in [-0.39, 0.29) is 12.2 Å². The quantitative estimate of drug-likeness (QED) is 0.0505. The lowest BCUT2D eigenvalue weighted by Gasteiger charge is -2.35. The second-order valence-corrected chi connectivity index (χ2v) is 19.6. The first-order valence-electron chi connectivity index (χ1n) is 22.8. The molecule has 23 heteroatoms. The third-order valence-electron chi connectivity index (χ3n) is 11.6. The van der Waals surface area contributed by atoms with Crippen molar-refractivity contribution in [2.45, 2.75) is 169 Å². The highest BCUT2D eigenvalue weighted by atomic mass is 16.4. The number of nitrogens with one attached hydrogen (secondary N) is 7. The van der Waals surface area contributed by atoms with Crippen molar-refractivity contribution in [1.29, 1.82) is 0 Å². The number of carboxylic acid groups (broad SMARTS) is 2. The zero-order chi connectivity index (χ0) is 53.3. The minimum absolute atomic E-state index is 0.0966. The third kappa shape index (κ3) is 20.0. The summed E-state index contributed by atoms with van der Waals surface area (Å²) < 4.78 is 0. The van der Waals surface area contributed by atoms with E-state index in [0.29, 0.717) is 18.4 Å². The van der Waals surface area contributed by atoms with Gasteiger partial charge in [-0.15, -0.1) is 0 Å². The maximum absolute atomic E-state index is 14.1. The van der Waals surface area contributed by atoms with E-state index in [1.165, 1.54) is 24.3 Å². The molecule has 8 amide bonds. The zero-order valence-corrected chi connectivity index (χ0v) is 41.4. The predicted molar refractivity (Wildman–Crippen MR) is 251 cm³/mol. The summed E-state index contributed by atoms with van der Waals surface area (Å²) in [6, 6.07) is -6.47. The second kappa shape index (κ2) is 27.0. The molecule has 0 aliphatic heterocycles. The summed E-state index contributed by atoms with van der Waals surface area (Å²) in [5, 5.41) is 56.9. The molecule has 0 spiro atoms. The van der Waals surface area contributed by atoms with Crippen LogP contribution in [0.3, 0.4) is 0 Å². The molecule has 0 radical (unpaired) electrons. The Kier molecular flexibility index (Phi) is 23.7. The second-order valence-electron chi connectivity index (χ2n) is 19.6. The van der Waals surface area contributed by atoms with E-state index in [0.717, 1.165) is 6.92 Å². The highest BCUT2D eigenvalue weighted by Crippen LogP contribution is 2.23. The molecule has 0 heterocycles. The Morgan fingerprint density at radius 1 is 0.580 bits per heavy atom. The predicted octanol–water partition coefficient (Wildman–Crippen LogP) is -0.954. The number of carboxylic acids is 2. The van der Waals surface area contributed by atoms with Gasteiger partial charge in [-0.05, 0) is 53.7 Å². The van der Waals surface area contributed by atoms with Crippen molar-refractivity contribution in [3.8, 4) is 5.75 Å². The number of phenols is 1. The van der Waals surface area contributed by atoms with Crippen LogP contribution in [-0.4, -0.2) is 134 Å². The van der Waals surface area contributed by atoms with Gasteiger partial charge in [0.1, 0.15) is 48.0 Å². The number of aliphatic hydroxyl groups is 1. The van der Waals surface area contributed by atoms with Crippen molar-refractivity contribution < 1.29 is 68.4 Å². The molecule has 1 rings (SSSR count). The Hall–Kier alpha value is -6.36. The van der Waals surface area contributed by atoms with Crippen molar-refractivity contribution in [3.05, 3.63) is 29.8 Å². The van der Waals surface area contributed by atoms with Crippen molar-refractivity contribution in [2.75, 3.05) is 0 Å². The lowest BCUT2D eigenvalue weighted by molar-refractivity contribution is -0.143. The number of rotatable bonds is 27. The molecule has 1 aromatic rings. The molecule has 0 unspecified atom stereocenters. The minimum Gasteiger partial charge on any atom is -0.508 e. The number of hydrogen-bond donors (Lipinski definition) is 13. The van der Waals surface area contributed by atoms with Crippen LogP contribution in [0.25, 0.3) is 0 Å². The van der Waals surface area contributed by atoms with Crippen LogP contribution < -0.4 is 48.7 Å². The SMILES string of the molecule is CC[C@H](C)[C@H](NC(=O)[C@@H](N)C(C)(C)C)C(=O)N[C@H](C(=O)N[C@H](C(=O)N[C@H](C(=O)N[C@@H](CC(=O)O)C(=O)N[C@@H](CCC(N)=O)C(=O)N[C@@H](Cc1ccc(O)cc1)C(=O)O)[C@@H](C)O)[C@@H](C)CC)C(C)(C)C. The molecule has 0 aliphatic carbocycles. The number of hydrogen-bond acceptors (Lipinski definition) is 13. The van der Waals surface area contributed by atoms with E-state index in [1.807, 2.05) is 6.92 Å². The Labute approximate surface area is 402 Å². The van der Waals surface area contributed by atoms with Gasteiger partial charge in [0.15, 0.2) is 0 Å². The van der Waals surface area contributed by atoms with Gasteiger partial charge in [0.2, 0.25) is 47.3 Å². The number of carbonyl (C=O) groups is 10. The molecule has 0 aromatic heterocycles. The maximum Gasteiger partial charge on any atom is 0.326 e. The molecule has 0 bridgehead atoms. The molecule has 388 valence electrons. The highest BCUT2D eigenvalue weighted by molar-refractivity contribution is 5.99. The first-order valence-corrected chi connectivity index (χ1v) is 22.8. The van der Waals surface area contributed by atoms with Gasteiger partial charge in [-0.2, -0.15) is 0 Å². The van der Waals surface area contributed by atoms with Gasteiger partial charge in [0, 0.05) is 12.8 Å². The molecule has 0 saturated heterocycles. The van der Waals surface area contributed by atoms with Crippen LogP contribution in [0.5, 0.6) is 5.75 Å². The summed E-state index contributed by atoms with van der Waals surface area (Å²) in [5.74, 6) is -11.8. The van der Waals surface area contributed by atoms with E-state index in [1.54, 1.807) is 62.3 Å². The summed E-state index contributed by atoms with van der Waals surface area (Å²) in [6.45, 7) is 18.3. The summed E-state index contributed by atoms with van der Waals surface area (Å²) in [4.78, 5) is 132. The number of aromatic hydroxyl groups is 1. The average molecular weight is 978 g/mol. The summed E-state index contributed by atoms with van der Waals surface area (Å²) >= 11 is 0. The molecular weight excluding hydrogens is 903 g/mol. The van der Waals surface area contributed by atoms with Crippen molar-refractivity contribution >= 4 is 59.2 Å². The Bertz CT molecular complexity index is 1980. The molecule has 0 aliphatic rings. The van der Waals surface area contributed by atoms with Gasteiger partial charge in [0.05, 0.1) is 18.6 Å². The number of amides is 8. The minimum atomic E-state index is -1.99. The zero-order valence-electron chi connectivity index (χ0n) is 41.4. The van der Waals surface area contributed by atoms with E-state index < -0.39 is 156 Å². The number of nitrogens with two attached hydrogens (primary N) is 2. The number of carbonyl (C=O) groups excluding carboxylic acids is 8. The van der Waals surface area contributed by atoms with Crippen molar-refractivity contribution in [3.63, 3.8) is 0 Å². The smallest absolute Gasteiger partial charge is 0.326 e. The molecule has 11 atom stereocenters. The Morgan fingerprint density at radius 3 is 1.45 bits per heavy atom. The van der Waals surface area contributed by atoms with Gasteiger partial charge in [-0.3, -0.25) is 43.2 Å². The monoisotopic (exact) mass is 978 g/mol. The third-order valence-corrected chi connectivity index (χ3v) is 11.6. The maximum atomic E-state index is 14.1. The number of phenolic OH excluding ortho intramolecular Hbond substituents is 1. The summed E-state index contributed by atoms with van der Waals surface area (Å²) in [7, 11) is 0. The van der Waals surface area contributed by atoms with Gasteiger partial charge in [-0.1, -0.05) is 94.2 Å². The topological polar surface area (TPSA) is 388 Å². The van der Waals surface area contributed by atoms with Crippen LogP contribution in [0.4, 0.5) is 0 Å². The average Bonchev–Trinajstić information content (AvgIpc) is 3.24. The van der Waals surface area contributed by atoms with E-state index in [2.05, 4.69) is 37.2 Å². The number of primary amides is 1. The van der Waals surface area contributed by atoms with Crippen LogP contribution in [0.1, 0.15) is 114 Å². The molecule has 69 heavy (non-hydrogen) atoms. The standard InChI is InChI=1S/C46H75N9O14/c1-12-22(3)32(53-43(67)36(46(9,10)11)55-40(64)33(23(4)13-2)52-42(66)35(48)45(6,7)8)39(63)54-34(24(5)56)41(65)50-28(21-31(59)60)38(62)49-27(18-19-30(47)58)37(61)51-29(44(68)69)20-25-14-16-26(57)17-15-25/h14-17,22-24,27-29,32-36,56-57H,12-13,18-21,48H2,1-11H3,(H2,47,58)(H,49,62)(H,50,65)(H,51,61)(H,52,66)(H,53,67)(H,54,63)(H,55,64)(H,59,60)(H,68,69)/t22-,23-,24+,27-,28-,29-,32-,33-,34-,35+,36+/m0/s1. The Morgan fingerprint density at radius 2 is 1.01 bits per heavy atom. The van der Waals surface area contributed by atoms with Crippen LogP contribution >= 0.6 is 0 Å². The van der Waals surface area contributed by atoms with Gasteiger partial charge in [0.25, 0.3) is 0 Å². The summed E-state index contributed by atoms with van der Waals surface area (Å²) in [5.41, 5.74) is 10.2. The first kappa shape index (κ1) is 60.7. The molecule has 15 N–H and O–H groups in total. The molecule has 0 fully saturated rings. The molecule has 1 aromatic carbocycles.